The molecule has 1 aromatic heterocycles. The van der Waals surface area contributed by atoms with E-state index in [0.29, 0.717) is 9.99 Å². The molecule has 1 heterocycles. The maximum atomic E-state index is 14.4. The van der Waals surface area contributed by atoms with Crippen molar-refractivity contribution in [3.8, 4) is 16.9 Å². The number of hydrogen-bond donors (Lipinski definition) is 2. The molecule has 3 rings (SSSR count). The van der Waals surface area contributed by atoms with Gasteiger partial charge in [-0.25, -0.2) is 4.39 Å². The number of rotatable bonds is 5. The summed E-state index contributed by atoms with van der Waals surface area (Å²) in [5, 5.41) is 13.1. The molecule has 3 aromatic rings. The van der Waals surface area contributed by atoms with E-state index in [1.54, 1.807) is 13.0 Å². The molecule has 0 aliphatic heterocycles. The van der Waals surface area contributed by atoms with Crippen LogP contribution < -0.4 is 5.32 Å². The molecule has 9 heteroatoms. The summed E-state index contributed by atoms with van der Waals surface area (Å²) in [6.07, 6.45) is 2.78. The third kappa shape index (κ3) is 3.94. The number of carbonyl (C=O) groups is 2. The van der Waals surface area contributed by atoms with Gasteiger partial charge in [0.2, 0.25) is 0 Å². The molecule has 0 aliphatic carbocycles. The third-order valence-electron chi connectivity index (χ3n) is 3.88. The van der Waals surface area contributed by atoms with Gasteiger partial charge in [0.15, 0.2) is 0 Å². The highest BCUT2D eigenvalue weighted by Crippen LogP contribution is 2.38. The summed E-state index contributed by atoms with van der Waals surface area (Å²) in [5.74, 6) is -2.43. The van der Waals surface area contributed by atoms with E-state index >= 15 is 0 Å². The molecule has 7 nitrogen and oxygen atoms in total. The average Bonchev–Trinajstić information content (AvgIpc) is 2.66. The van der Waals surface area contributed by atoms with Crippen LogP contribution in [0.15, 0.2) is 41.1 Å². The Balaban J connectivity index is 2.12. The first-order valence-corrected chi connectivity index (χ1v) is 9.07. The fourth-order valence-electron chi connectivity index (χ4n) is 2.68. The van der Waals surface area contributed by atoms with Crippen LogP contribution in [0.4, 0.5) is 4.39 Å². The number of amides is 1. The van der Waals surface area contributed by atoms with Gasteiger partial charge < -0.3 is 15.2 Å². The standard InChI is InChI=1S/C19H15BrFN3O4/c1-2-28-15(25)9-24-19(27)16-17-14(22-5-6-23-17)8-12(18(16)26)11-4-3-10(20)7-13(11)21/h3-8,26H,2,9H2,1H3,(H,24,27). The van der Waals surface area contributed by atoms with Crippen molar-refractivity contribution in [2.24, 2.45) is 0 Å². The summed E-state index contributed by atoms with van der Waals surface area (Å²) in [6, 6.07) is 5.78. The highest BCUT2D eigenvalue weighted by Gasteiger charge is 2.23. The number of nitrogens with zero attached hydrogens (tertiary/aromatic N) is 2. The Labute approximate surface area is 167 Å². The van der Waals surface area contributed by atoms with Crippen LogP contribution in [0.2, 0.25) is 0 Å². The number of fused-ring (bicyclic) bond motifs is 1. The zero-order valence-corrected chi connectivity index (χ0v) is 16.3. The van der Waals surface area contributed by atoms with Gasteiger partial charge in [-0.3, -0.25) is 19.6 Å². The Morgan fingerprint density at radius 2 is 1.96 bits per heavy atom. The molecular weight excluding hydrogens is 433 g/mol. The van der Waals surface area contributed by atoms with E-state index in [1.807, 2.05) is 0 Å². The van der Waals surface area contributed by atoms with Crippen LogP contribution in [-0.4, -0.2) is 40.1 Å². The van der Waals surface area contributed by atoms with Gasteiger partial charge >= 0.3 is 5.97 Å². The number of ether oxygens (including phenoxy) is 1. The van der Waals surface area contributed by atoms with E-state index < -0.39 is 23.4 Å². The van der Waals surface area contributed by atoms with E-state index in [4.69, 9.17) is 4.74 Å². The predicted octanol–water partition coefficient (Wildman–Crippen LogP) is 3.20. The Bertz CT molecular complexity index is 1070. The van der Waals surface area contributed by atoms with Gasteiger partial charge in [-0.1, -0.05) is 22.0 Å². The van der Waals surface area contributed by atoms with Gasteiger partial charge in [0.05, 0.1) is 12.1 Å². The van der Waals surface area contributed by atoms with Crippen molar-refractivity contribution >= 4 is 38.8 Å². The number of aromatic hydroxyl groups is 1. The molecule has 0 aliphatic rings. The lowest BCUT2D eigenvalue weighted by atomic mass is 9.98. The van der Waals surface area contributed by atoms with E-state index in [1.165, 1.54) is 30.6 Å². The number of aromatic nitrogens is 2. The van der Waals surface area contributed by atoms with Crippen molar-refractivity contribution in [1.29, 1.82) is 0 Å². The van der Waals surface area contributed by atoms with Crippen molar-refractivity contribution in [1.82, 2.24) is 15.3 Å². The number of benzene rings is 2. The fourth-order valence-corrected chi connectivity index (χ4v) is 3.01. The second kappa shape index (κ2) is 8.30. The molecule has 2 aromatic carbocycles. The molecule has 0 bridgehead atoms. The highest BCUT2D eigenvalue weighted by molar-refractivity contribution is 9.10. The van der Waals surface area contributed by atoms with Crippen molar-refractivity contribution in [3.63, 3.8) is 0 Å². The molecule has 0 unspecified atom stereocenters. The lowest BCUT2D eigenvalue weighted by Crippen LogP contribution is -2.31. The number of phenols is 1. The van der Waals surface area contributed by atoms with Crippen LogP contribution >= 0.6 is 15.9 Å². The van der Waals surface area contributed by atoms with Crippen LogP contribution in [0.1, 0.15) is 17.3 Å². The summed E-state index contributed by atoms with van der Waals surface area (Å²) in [5.41, 5.74) is 0.390. The molecule has 0 atom stereocenters. The minimum Gasteiger partial charge on any atom is -0.506 e. The first kappa shape index (κ1) is 19.7. The molecular formula is C19H15BrFN3O4. The van der Waals surface area contributed by atoms with Crippen molar-refractivity contribution in [2.45, 2.75) is 6.92 Å². The Hall–Kier alpha value is -3.07. The molecule has 0 radical (unpaired) electrons. The van der Waals surface area contributed by atoms with Crippen LogP contribution in [0.3, 0.4) is 0 Å². The van der Waals surface area contributed by atoms with Crippen molar-refractivity contribution < 1.29 is 23.8 Å². The second-order valence-corrected chi connectivity index (χ2v) is 6.60. The van der Waals surface area contributed by atoms with Gasteiger partial charge in [-0.2, -0.15) is 0 Å². The number of hydrogen-bond acceptors (Lipinski definition) is 6. The van der Waals surface area contributed by atoms with Crippen molar-refractivity contribution in [3.05, 3.63) is 52.5 Å². The smallest absolute Gasteiger partial charge is 0.325 e. The minimum atomic E-state index is -0.754. The van der Waals surface area contributed by atoms with Gasteiger partial charge in [0.1, 0.15) is 29.2 Å². The molecule has 28 heavy (non-hydrogen) atoms. The highest BCUT2D eigenvalue weighted by atomic mass is 79.9. The van der Waals surface area contributed by atoms with Gasteiger partial charge in [-0.15, -0.1) is 0 Å². The summed E-state index contributed by atoms with van der Waals surface area (Å²) in [6.45, 7) is 1.43. The van der Waals surface area contributed by atoms with Gasteiger partial charge in [-0.05, 0) is 25.1 Å². The fraction of sp³-hybridized carbons (Fsp3) is 0.158. The molecule has 0 spiro atoms. The van der Waals surface area contributed by atoms with E-state index in [2.05, 4.69) is 31.2 Å². The number of carbonyl (C=O) groups excluding carboxylic acids is 2. The number of nitrogens with one attached hydrogen (secondary N) is 1. The SMILES string of the molecule is CCOC(=O)CNC(=O)c1c(O)c(-c2ccc(Br)cc2F)cc2nccnc12. The topological polar surface area (TPSA) is 101 Å². The largest absolute Gasteiger partial charge is 0.506 e. The third-order valence-corrected chi connectivity index (χ3v) is 4.38. The minimum absolute atomic E-state index is 0.0827. The van der Waals surface area contributed by atoms with Crippen LogP contribution in [0, 0.1) is 5.82 Å². The van der Waals surface area contributed by atoms with Crippen molar-refractivity contribution in [2.75, 3.05) is 13.2 Å². The zero-order valence-electron chi connectivity index (χ0n) is 14.7. The molecule has 0 fully saturated rings. The molecule has 0 saturated carbocycles. The lowest BCUT2D eigenvalue weighted by molar-refractivity contribution is -0.141. The summed E-state index contributed by atoms with van der Waals surface area (Å²) < 4.78 is 19.7. The van der Waals surface area contributed by atoms with E-state index in [9.17, 15) is 19.1 Å². The summed E-state index contributed by atoms with van der Waals surface area (Å²) >= 11 is 3.18. The second-order valence-electron chi connectivity index (χ2n) is 5.68. The maximum Gasteiger partial charge on any atom is 0.325 e. The van der Waals surface area contributed by atoms with E-state index in [0.717, 1.165) is 0 Å². The average molecular weight is 448 g/mol. The van der Waals surface area contributed by atoms with Gasteiger partial charge in [0, 0.05) is 28.0 Å². The van der Waals surface area contributed by atoms with E-state index in [-0.39, 0.29) is 35.4 Å². The maximum absolute atomic E-state index is 14.4. The normalized spacial score (nSPS) is 10.7. The first-order chi connectivity index (χ1) is 13.4. The Kier molecular flexibility index (Phi) is 5.84. The number of halogens is 2. The first-order valence-electron chi connectivity index (χ1n) is 8.28. The van der Waals surface area contributed by atoms with Crippen LogP contribution in [0.25, 0.3) is 22.2 Å². The summed E-state index contributed by atoms with van der Waals surface area (Å²) in [7, 11) is 0. The number of esters is 1. The van der Waals surface area contributed by atoms with Gasteiger partial charge in [0.25, 0.3) is 5.91 Å². The molecule has 144 valence electrons. The molecule has 2 N–H and O–H groups in total. The quantitative estimate of drug-likeness (QED) is 0.582. The van der Waals surface area contributed by atoms with Crippen LogP contribution in [-0.2, 0) is 9.53 Å². The Morgan fingerprint density at radius 1 is 1.21 bits per heavy atom. The lowest BCUT2D eigenvalue weighted by Gasteiger charge is -2.13. The van der Waals surface area contributed by atoms with Crippen LogP contribution in [0.5, 0.6) is 5.75 Å². The monoisotopic (exact) mass is 447 g/mol. The zero-order chi connectivity index (χ0) is 20.3. The Morgan fingerprint density at radius 3 is 2.68 bits per heavy atom. The predicted molar refractivity (Wildman–Crippen MR) is 103 cm³/mol. The number of phenolic OH excluding ortho intramolecular Hbond substituents is 1. The molecule has 0 saturated heterocycles. The summed E-state index contributed by atoms with van der Waals surface area (Å²) in [4.78, 5) is 32.4. The molecule has 1 amide bonds.